The molecule has 0 aliphatic carbocycles. The minimum atomic E-state index is -4.70. The first-order valence-corrected chi connectivity index (χ1v) is 13.1. The number of amidine groups is 1. The number of nitrogens with one attached hydrogen (secondary N) is 1. The van der Waals surface area contributed by atoms with Crippen LogP contribution in [0, 0.1) is 12.7 Å². The molecule has 1 fully saturated rings. The van der Waals surface area contributed by atoms with E-state index in [2.05, 4.69) is 14.6 Å². The summed E-state index contributed by atoms with van der Waals surface area (Å²) in [6.45, 7) is 3.16. The first-order valence-electron chi connectivity index (χ1n) is 12.2. The first-order chi connectivity index (χ1) is 17.8. The zero-order chi connectivity index (χ0) is 28.1. The van der Waals surface area contributed by atoms with Crippen LogP contribution in [0.2, 0.25) is 0 Å². The lowest BCUT2D eigenvalue weighted by molar-refractivity contribution is -0.137. The van der Waals surface area contributed by atoms with E-state index in [1.807, 2.05) is 45.1 Å². The smallest absolute Gasteiger partial charge is 0.312 e. The summed E-state index contributed by atoms with van der Waals surface area (Å²) in [5, 5.41) is 2.56. The summed E-state index contributed by atoms with van der Waals surface area (Å²) < 4.78 is 55.1. The van der Waals surface area contributed by atoms with E-state index in [0.717, 1.165) is 36.2 Å². The van der Waals surface area contributed by atoms with Gasteiger partial charge in [0.1, 0.15) is 23.5 Å². The van der Waals surface area contributed by atoms with E-state index < -0.39 is 23.1 Å². The third kappa shape index (κ3) is 7.64. The molecule has 1 spiro atoms. The number of halogens is 4. The van der Waals surface area contributed by atoms with Crippen LogP contribution >= 0.6 is 11.9 Å². The predicted molar refractivity (Wildman–Crippen MR) is 142 cm³/mol. The fourth-order valence-electron chi connectivity index (χ4n) is 4.23. The average Bonchev–Trinajstić information content (AvgIpc) is 3.15. The Bertz CT molecular complexity index is 1190. The third-order valence-corrected chi connectivity index (χ3v) is 7.29. The minimum Gasteiger partial charge on any atom is -0.312 e. The van der Waals surface area contributed by atoms with Crippen LogP contribution in [-0.4, -0.2) is 72.8 Å². The third-order valence-electron chi connectivity index (χ3n) is 6.18. The molecule has 2 heterocycles. The zero-order valence-corrected chi connectivity index (χ0v) is 22.7. The number of benzene rings is 2. The molecule has 0 atom stereocenters. The van der Waals surface area contributed by atoms with E-state index in [1.165, 1.54) is 5.56 Å². The van der Waals surface area contributed by atoms with E-state index >= 15 is 0 Å². The van der Waals surface area contributed by atoms with Gasteiger partial charge in [0.25, 0.3) is 5.91 Å². The van der Waals surface area contributed by atoms with E-state index in [4.69, 9.17) is 0 Å². The number of amides is 1. The first kappa shape index (κ1) is 29.8. The Morgan fingerprint density at radius 1 is 1.13 bits per heavy atom. The Labute approximate surface area is 224 Å². The Kier molecular flexibility index (Phi) is 9.72. The number of aryl methyl sites for hydroxylation is 2. The minimum absolute atomic E-state index is 0.0228. The molecule has 0 saturated carbocycles. The van der Waals surface area contributed by atoms with Crippen LogP contribution in [0.4, 0.5) is 17.6 Å². The second-order valence-electron chi connectivity index (χ2n) is 9.83. The number of nitrogens with zero attached hydrogens (tertiary/aromatic N) is 3. The normalized spacial score (nSPS) is 17.2. The molecule has 206 valence electrons. The van der Waals surface area contributed by atoms with Gasteiger partial charge in [-0.05, 0) is 82.7 Å². The summed E-state index contributed by atoms with van der Waals surface area (Å²) in [6.07, 6.45) is -2.20. The highest BCUT2D eigenvalue weighted by Crippen LogP contribution is 2.35. The highest BCUT2D eigenvalue weighted by Gasteiger charge is 2.46. The number of hydrogen-bond donors (Lipinski definition) is 1. The summed E-state index contributed by atoms with van der Waals surface area (Å²) in [7, 11) is 6.00. The number of alkyl halides is 3. The van der Waals surface area contributed by atoms with Gasteiger partial charge < -0.3 is 10.2 Å². The topological polar surface area (TPSA) is 65.0 Å². The second kappa shape index (κ2) is 12.4. The maximum atomic E-state index is 13.8. The molecule has 2 aromatic rings. The number of carbonyl (C=O) groups is 2. The van der Waals surface area contributed by atoms with Crippen LogP contribution < -0.4 is 5.32 Å². The summed E-state index contributed by atoms with van der Waals surface area (Å²) >= 11 is 1.67. The lowest BCUT2D eigenvalue weighted by Crippen LogP contribution is -2.47. The van der Waals surface area contributed by atoms with E-state index in [1.54, 1.807) is 18.0 Å². The van der Waals surface area contributed by atoms with E-state index in [9.17, 15) is 27.2 Å². The van der Waals surface area contributed by atoms with Crippen molar-refractivity contribution in [1.82, 2.24) is 14.5 Å². The summed E-state index contributed by atoms with van der Waals surface area (Å²) in [5.41, 5.74) is 0.631. The fraction of sp³-hybridized carbons (Fsp3) is 0.444. The molecule has 0 aromatic heterocycles. The van der Waals surface area contributed by atoms with Gasteiger partial charge in [-0.15, -0.1) is 0 Å². The highest BCUT2D eigenvalue weighted by molar-refractivity contribution is 7.97. The van der Waals surface area contributed by atoms with Crippen molar-refractivity contribution in [2.75, 3.05) is 40.0 Å². The second-order valence-corrected chi connectivity index (χ2v) is 11.0. The quantitative estimate of drug-likeness (QED) is 0.319. The van der Waals surface area contributed by atoms with Gasteiger partial charge >= 0.3 is 6.18 Å². The monoisotopic (exact) mass is 552 g/mol. The van der Waals surface area contributed by atoms with Crippen molar-refractivity contribution in [3.8, 4) is 0 Å². The van der Waals surface area contributed by atoms with Crippen molar-refractivity contribution in [2.45, 2.75) is 37.9 Å². The Balaban J connectivity index is 0.000000934. The van der Waals surface area contributed by atoms with Gasteiger partial charge in [-0.1, -0.05) is 24.1 Å². The largest absolute Gasteiger partial charge is 0.416 e. The van der Waals surface area contributed by atoms with Gasteiger partial charge in [0.15, 0.2) is 0 Å². The van der Waals surface area contributed by atoms with Crippen molar-refractivity contribution in [3.05, 3.63) is 70.0 Å². The van der Waals surface area contributed by atoms with Gasteiger partial charge in [0.2, 0.25) is 0 Å². The molecule has 2 aromatic carbocycles. The molecule has 4 rings (SSSR count). The number of aldehydes is 1. The maximum Gasteiger partial charge on any atom is 0.416 e. The lowest BCUT2D eigenvalue weighted by atomic mass is 9.89. The van der Waals surface area contributed by atoms with Crippen molar-refractivity contribution >= 4 is 30.0 Å². The van der Waals surface area contributed by atoms with Crippen molar-refractivity contribution in [3.63, 3.8) is 0 Å². The summed E-state index contributed by atoms with van der Waals surface area (Å²) in [6, 6.07) is 7.79. The molecule has 2 aliphatic rings. The molecule has 0 unspecified atom stereocenters. The molecule has 11 heteroatoms. The fourth-order valence-corrected chi connectivity index (χ4v) is 5.24. The molecule has 0 radical (unpaired) electrons. The van der Waals surface area contributed by atoms with Crippen LogP contribution in [-0.2, 0) is 17.4 Å². The number of carbonyl (C=O) groups excluding carboxylic acids is 2. The molecule has 1 amide bonds. The average molecular weight is 553 g/mol. The molecule has 1 saturated heterocycles. The summed E-state index contributed by atoms with van der Waals surface area (Å²) in [4.78, 5) is 30.0. The van der Waals surface area contributed by atoms with Gasteiger partial charge in [-0.3, -0.25) is 18.9 Å². The van der Waals surface area contributed by atoms with Crippen molar-refractivity contribution in [1.29, 1.82) is 0 Å². The van der Waals surface area contributed by atoms with Crippen LogP contribution in [0.1, 0.15) is 45.5 Å². The van der Waals surface area contributed by atoms with Crippen LogP contribution in [0.15, 0.2) is 41.4 Å². The van der Waals surface area contributed by atoms with Gasteiger partial charge in [0, 0.05) is 30.0 Å². The lowest BCUT2D eigenvalue weighted by Gasteiger charge is -2.34. The molecule has 38 heavy (non-hydrogen) atoms. The van der Waals surface area contributed by atoms with Gasteiger partial charge in [-0.25, -0.2) is 4.39 Å². The Morgan fingerprint density at radius 3 is 2.37 bits per heavy atom. The van der Waals surface area contributed by atoms with Crippen molar-refractivity contribution in [2.24, 2.45) is 4.99 Å². The molecular weight excluding hydrogens is 520 g/mol. The Hall–Kier alpha value is -2.76. The number of rotatable bonds is 6. The van der Waals surface area contributed by atoms with Crippen LogP contribution in [0.25, 0.3) is 0 Å². The molecule has 0 bridgehead atoms. The standard InChI is InChI=1S/C24H23F4N3O2S.C3H9N/c1-15-10-16(14-32)2-3-17(15)4-9-34-31-7-5-23(6-8-31)22(33)29-21(30-23)18-11-19(24(26,27)28)13-20(25)12-18;1-4(2)3/h2-3,10-14H,4-9H2,1H3,(H,29,30,33);1-3H3. The maximum absolute atomic E-state index is 13.8. The molecule has 1 N–H and O–H groups in total. The number of hydrogen-bond acceptors (Lipinski definition) is 6. The zero-order valence-electron chi connectivity index (χ0n) is 21.9. The van der Waals surface area contributed by atoms with E-state index in [0.29, 0.717) is 37.6 Å². The van der Waals surface area contributed by atoms with Crippen LogP contribution in [0.5, 0.6) is 0 Å². The molecular formula is C27H32F4N4O2S. The molecule has 2 aliphatic heterocycles. The van der Waals surface area contributed by atoms with Crippen LogP contribution in [0.3, 0.4) is 0 Å². The van der Waals surface area contributed by atoms with Gasteiger partial charge in [0.05, 0.1) is 5.56 Å². The highest BCUT2D eigenvalue weighted by atomic mass is 32.2. The number of aliphatic imine (C=N–C) groups is 1. The van der Waals surface area contributed by atoms with E-state index in [-0.39, 0.29) is 17.3 Å². The predicted octanol–water partition coefficient (Wildman–Crippen LogP) is 4.75. The van der Waals surface area contributed by atoms with Crippen molar-refractivity contribution < 1.29 is 27.2 Å². The van der Waals surface area contributed by atoms with Gasteiger partial charge in [-0.2, -0.15) is 13.2 Å². The Morgan fingerprint density at radius 2 is 1.79 bits per heavy atom. The SMILES string of the molecule is CN(C)C.Cc1cc(C=O)ccc1CCSN1CCC2(CC1)N=C(c1cc(F)cc(C(F)(F)F)c1)NC2=O. The number of piperidine rings is 1. The molecule has 6 nitrogen and oxygen atoms in total. The summed E-state index contributed by atoms with van der Waals surface area (Å²) in [5.74, 6) is -0.593.